The fourth-order valence-corrected chi connectivity index (χ4v) is 1.83. The van der Waals surface area contributed by atoms with Gasteiger partial charge < -0.3 is 5.32 Å². The van der Waals surface area contributed by atoms with Crippen LogP contribution >= 0.6 is 11.6 Å². The number of amides is 1. The number of halogens is 1. The highest BCUT2D eigenvalue weighted by Crippen LogP contribution is 2.15. The first-order valence-corrected chi connectivity index (χ1v) is 6.16. The minimum atomic E-state index is -0.351. The van der Waals surface area contributed by atoms with Gasteiger partial charge in [-0.15, -0.1) is 0 Å². The Morgan fingerprint density at radius 2 is 1.74 bits per heavy atom. The predicted molar refractivity (Wildman–Crippen MR) is 75.5 cm³/mol. The van der Waals surface area contributed by atoms with Gasteiger partial charge in [0, 0.05) is 16.3 Å². The molecule has 96 valence electrons. The zero-order valence-electron chi connectivity index (χ0n) is 10.1. The average molecular weight is 274 g/mol. The fraction of sp³-hybridized carbons (Fsp3) is 0.0667. The number of hydrogen-bond donors (Lipinski definition) is 1. The Labute approximate surface area is 116 Å². The number of ketones is 1. The molecule has 0 aromatic heterocycles. The van der Waals surface area contributed by atoms with E-state index < -0.39 is 0 Å². The van der Waals surface area contributed by atoms with Crippen LogP contribution in [0.15, 0.2) is 54.6 Å². The van der Waals surface area contributed by atoms with E-state index >= 15 is 0 Å². The molecule has 2 aromatic rings. The molecule has 0 spiro atoms. The van der Waals surface area contributed by atoms with Crippen LogP contribution in [0.4, 0.5) is 5.69 Å². The van der Waals surface area contributed by atoms with Crippen LogP contribution in [0.2, 0.25) is 5.02 Å². The summed E-state index contributed by atoms with van der Waals surface area (Å²) in [4.78, 5) is 23.6. The van der Waals surface area contributed by atoms with Crippen molar-refractivity contribution in [3.63, 3.8) is 0 Å². The van der Waals surface area contributed by atoms with Crippen LogP contribution in [0.5, 0.6) is 0 Å². The first-order chi connectivity index (χ1) is 9.15. The van der Waals surface area contributed by atoms with E-state index in [1.165, 1.54) is 0 Å². The van der Waals surface area contributed by atoms with Crippen molar-refractivity contribution in [3.05, 3.63) is 65.2 Å². The van der Waals surface area contributed by atoms with E-state index in [-0.39, 0.29) is 18.1 Å². The second-order valence-corrected chi connectivity index (χ2v) is 4.46. The molecule has 2 rings (SSSR count). The molecular weight excluding hydrogens is 262 g/mol. The van der Waals surface area contributed by atoms with Gasteiger partial charge in [-0.1, -0.05) is 48.0 Å². The molecular formula is C15H12ClNO2. The van der Waals surface area contributed by atoms with Gasteiger partial charge in [0.2, 0.25) is 5.91 Å². The van der Waals surface area contributed by atoms with Crippen LogP contribution in [0.25, 0.3) is 0 Å². The number of hydrogen-bond acceptors (Lipinski definition) is 2. The molecule has 4 heteroatoms. The number of rotatable bonds is 4. The highest BCUT2D eigenvalue weighted by atomic mass is 35.5. The molecule has 0 atom stereocenters. The Hall–Kier alpha value is -2.13. The molecule has 0 heterocycles. The van der Waals surface area contributed by atoms with Crippen LogP contribution in [0.1, 0.15) is 16.8 Å². The van der Waals surface area contributed by atoms with Gasteiger partial charge in [-0.05, 0) is 18.2 Å². The molecule has 19 heavy (non-hydrogen) atoms. The maximum Gasteiger partial charge on any atom is 0.232 e. The van der Waals surface area contributed by atoms with Crippen LogP contribution in [-0.2, 0) is 4.79 Å². The highest BCUT2D eigenvalue weighted by molar-refractivity contribution is 6.30. The summed E-state index contributed by atoms with van der Waals surface area (Å²) in [6.07, 6.45) is -0.184. The number of anilines is 1. The number of benzene rings is 2. The number of Topliss-reactive ketones (excluding diaryl/α,β-unsaturated/α-hetero) is 1. The first kappa shape index (κ1) is 13.3. The summed E-state index contributed by atoms with van der Waals surface area (Å²) >= 11 is 5.81. The Morgan fingerprint density at radius 1 is 1.00 bits per heavy atom. The van der Waals surface area contributed by atoms with Crippen LogP contribution < -0.4 is 5.32 Å². The van der Waals surface area contributed by atoms with Gasteiger partial charge in [0.25, 0.3) is 0 Å². The zero-order valence-corrected chi connectivity index (χ0v) is 10.9. The van der Waals surface area contributed by atoms with Crippen LogP contribution in [-0.4, -0.2) is 11.7 Å². The van der Waals surface area contributed by atoms with Gasteiger partial charge in [-0.2, -0.15) is 0 Å². The predicted octanol–water partition coefficient (Wildman–Crippen LogP) is 3.55. The third-order valence-electron chi connectivity index (χ3n) is 2.53. The summed E-state index contributed by atoms with van der Waals surface area (Å²) in [5, 5.41) is 3.17. The fourth-order valence-electron chi connectivity index (χ4n) is 1.64. The lowest BCUT2D eigenvalue weighted by Crippen LogP contribution is -2.16. The molecule has 0 radical (unpaired) electrons. The molecule has 0 saturated carbocycles. The van der Waals surface area contributed by atoms with Gasteiger partial charge >= 0.3 is 0 Å². The summed E-state index contributed by atoms with van der Waals surface area (Å²) in [6.45, 7) is 0. The van der Waals surface area contributed by atoms with Crippen molar-refractivity contribution in [2.24, 2.45) is 0 Å². The molecule has 0 aliphatic carbocycles. The van der Waals surface area contributed by atoms with E-state index in [0.717, 1.165) is 0 Å². The summed E-state index contributed by atoms with van der Waals surface area (Å²) in [7, 11) is 0. The van der Waals surface area contributed by atoms with Crippen molar-refractivity contribution in [2.45, 2.75) is 6.42 Å². The summed E-state index contributed by atoms with van der Waals surface area (Å²) < 4.78 is 0. The molecule has 1 N–H and O–H groups in total. The van der Waals surface area contributed by atoms with Crippen molar-refractivity contribution < 1.29 is 9.59 Å². The highest BCUT2D eigenvalue weighted by Gasteiger charge is 2.11. The van der Waals surface area contributed by atoms with Gasteiger partial charge in [0.05, 0.1) is 6.42 Å². The van der Waals surface area contributed by atoms with Gasteiger partial charge in [-0.25, -0.2) is 0 Å². The van der Waals surface area contributed by atoms with E-state index in [1.807, 2.05) is 6.07 Å². The normalized spacial score (nSPS) is 9.95. The van der Waals surface area contributed by atoms with E-state index in [1.54, 1.807) is 48.5 Å². The maximum absolute atomic E-state index is 11.8. The van der Waals surface area contributed by atoms with Crippen molar-refractivity contribution in [1.82, 2.24) is 0 Å². The Kier molecular flexibility index (Phi) is 4.31. The lowest BCUT2D eigenvalue weighted by molar-refractivity contribution is -0.115. The molecule has 2 aromatic carbocycles. The molecule has 0 fully saturated rings. The standard InChI is InChI=1S/C15H12ClNO2/c16-12-7-4-8-13(9-12)17-15(19)10-14(18)11-5-2-1-3-6-11/h1-9H,10H2,(H,17,19). The van der Waals surface area contributed by atoms with E-state index in [9.17, 15) is 9.59 Å². The topological polar surface area (TPSA) is 46.2 Å². The quantitative estimate of drug-likeness (QED) is 0.684. The van der Waals surface area contributed by atoms with E-state index in [0.29, 0.717) is 16.3 Å². The zero-order chi connectivity index (χ0) is 13.7. The molecule has 0 bridgehead atoms. The summed E-state index contributed by atoms with van der Waals surface area (Å²) in [6, 6.07) is 15.5. The second-order valence-electron chi connectivity index (χ2n) is 4.02. The minimum Gasteiger partial charge on any atom is -0.326 e. The lowest BCUT2D eigenvalue weighted by Gasteiger charge is -2.05. The van der Waals surface area contributed by atoms with Gasteiger partial charge in [0.1, 0.15) is 0 Å². The largest absolute Gasteiger partial charge is 0.326 e. The second kappa shape index (κ2) is 6.16. The van der Waals surface area contributed by atoms with Crippen LogP contribution in [0.3, 0.4) is 0 Å². The molecule has 1 amide bonds. The van der Waals surface area contributed by atoms with E-state index in [2.05, 4.69) is 5.32 Å². The molecule has 0 unspecified atom stereocenters. The van der Waals surface area contributed by atoms with Crippen molar-refractivity contribution in [2.75, 3.05) is 5.32 Å². The Balaban J connectivity index is 1.97. The SMILES string of the molecule is O=C(CC(=O)c1ccccc1)Nc1cccc(Cl)c1. The maximum atomic E-state index is 11.8. The average Bonchev–Trinajstić information content (AvgIpc) is 2.39. The number of nitrogens with one attached hydrogen (secondary N) is 1. The monoisotopic (exact) mass is 273 g/mol. The van der Waals surface area contributed by atoms with E-state index in [4.69, 9.17) is 11.6 Å². The van der Waals surface area contributed by atoms with Crippen molar-refractivity contribution >= 4 is 29.0 Å². The Bertz CT molecular complexity index is 596. The number of carbonyl (C=O) groups excluding carboxylic acids is 2. The molecule has 3 nitrogen and oxygen atoms in total. The lowest BCUT2D eigenvalue weighted by atomic mass is 10.1. The Morgan fingerprint density at radius 3 is 2.42 bits per heavy atom. The number of carbonyl (C=O) groups is 2. The van der Waals surface area contributed by atoms with Crippen LogP contribution in [0, 0.1) is 0 Å². The third kappa shape index (κ3) is 3.93. The smallest absolute Gasteiger partial charge is 0.232 e. The van der Waals surface area contributed by atoms with Gasteiger partial charge in [0.15, 0.2) is 5.78 Å². The molecule has 0 aliphatic rings. The first-order valence-electron chi connectivity index (χ1n) is 5.79. The summed E-state index contributed by atoms with van der Waals surface area (Å²) in [5.74, 6) is -0.559. The van der Waals surface area contributed by atoms with Crippen molar-refractivity contribution in [1.29, 1.82) is 0 Å². The molecule has 0 saturated heterocycles. The minimum absolute atomic E-state index is 0.184. The van der Waals surface area contributed by atoms with Crippen molar-refractivity contribution in [3.8, 4) is 0 Å². The van der Waals surface area contributed by atoms with Gasteiger partial charge in [-0.3, -0.25) is 9.59 Å². The summed E-state index contributed by atoms with van der Waals surface area (Å²) in [5.41, 5.74) is 1.11. The molecule has 0 aliphatic heterocycles. The third-order valence-corrected chi connectivity index (χ3v) is 2.76.